The molecule has 0 spiro atoms. The molecule has 104 valence electrons. The van der Waals surface area contributed by atoms with Crippen molar-refractivity contribution < 1.29 is 4.79 Å². The lowest BCUT2D eigenvalue weighted by atomic mass is 10.3. The van der Waals surface area contributed by atoms with Crippen molar-refractivity contribution in [1.29, 1.82) is 0 Å². The van der Waals surface area contributed by atoms with Gasteiger partial charge in [0, 0.05) is 17.3 Å². The van der Waals surface area contributed by atoms with Crippen molar-refractivity contribution in [3.05, 3.63) is 53.2 Å². The van der Waals surface area contributed by atoms with Gasteiger partial charge in [0.25, 0.3) is 5.91 Å². The predicted octanol–water partition coefficient (Wildman–Crippen LogP) is 3.81. The molecule has 0 aliphatic carbocycles. The van der Waals surface area contributed by atoms with Crippen molar-refractivity contribution in [3.63, 3.8) is 0 Å². The normalized spacial score (nSPS) is 10.1. The Bertz CT molecular complexity index is 601. The fourth-order valence-electron chi connectivity index (χ4n) is 1.67. The van der Waals surface area contributed by atoms with Gasteiger partial charge in [0.05, 0.1) is 0 Å². The van der Waals surface area contributed by atoms with Gasteiger partial charge in [-0.3, -0.25) is 4.79 Å². The van der Waals surface area contributed by atoms with Crippen molar-refractivity contribution in [3.8, 4) is 0 Å². The van der Waals surface area contributed by atoms with E-state index in [9.17, 15) is 4.79 Å². The number of aromatic nitrogens is 1. The summed E-state index contributed by atoms with van der Waals surface area (Å²) in [7, 11) is 0. The smallest absolute Gasteiger partial charge is 0.274 e. The third-order valence-corrected chi connectivity index (χ3v) is 2.86. The molecule has 0 unspecified atom stereocenters. The zero-order valence-electron chi connectivity index (χ0n) is 11.2. The SMILES string of the molecule is CCCNc1cccc(C(=O)Nc2cccc(Cl)c2)n1. The van der Waals surface area contributed by atoms with Crippen LogP contribution in [0, 0.1) is 0 Å². The first-order valence-corrected chi connectivity index (χ1v) is 6.84. The number of benzene rings is 1. The number of nitrogens with zero attached hydrogens (tertiary/aromatic N) is 1. The lowest BCUT2D eigenvalue weighted by Crippen LogP contribution is -2.14. The van der Waals surface area contributed by atoms with Gasteiger partial charge in [-0.15, -0.1) is 0 Å². The van der Waals surface area contributed by atoms with Gasteiger partial charge >= 0.3 is 0 Å². The summed E-state index contributed by atoms with van der Waals surface area (Å²) in [6.07, 6.45) is 1.00. The van der Waals surface area contributed by atoms with Crippen LogP contribution in [0.15, 0.2) is 42.5 Å². The Labute approximate surface area is 123 Å². The maximum absolute atomic E-state index is 12.1. The molecule has 2 rings (SSSR count). The van der Waals surface area contributed by atoms with Crippen molar-refractivity contribution >= 4 is 29.0 Å². The Hall–Kier alpha value is -2.07. The monoisotopic (exact) mass is 289 g/mol. The lowest BCUT2D eigenvalue weighted by Gasteiger charge is -2.07. The highest BCUT2D eigenvalue weighted by molar-refractivity contribution is 6.30. The number of amides is 1. The first-order valence-electron chi connectivity index (χ1n) is 6.47. The number of hydrogen-bond donors (Lipinski definition) is 2. The van der Waals surface area contributed by atoms with E-state index in [2.05, 4.69) is 22.5 Å². The number of pyridine rings is 1. The summed E-state index contributed by atoms with van der Waals surface area (Å²) in [5.41, 5.74) is 1.02. The second-order valence-corrected chi connectivity index (χ2v) is 4.74. The van der Waals surface area contributed by atoms with Gasteiger partial charge in [0.2, 0.25) is 0 Å². The summed E-state index contributed by atoms with van der Waals surface area (Å²) in [5.74, 6) is 0.443. The number of carbonyl (C=O) groups is 1. The van der Waals surface area contributed by atoms with Crippen LogP contribution in [0.25, 0.3) is 0 Å². The minimum atomic E-state index is -0.257. The second kappa shape index (κ2) is 6.91. The summed E-state index contributed by atoms with van der Waals surface area (Å²) in [6.45, 7) is 2.90. The molecule has 5 heteroatoms. The van der Waals surface area contributed by atoms with Gasteiger partial charge in [0.1, 0.15) is 11.5 Å². The number of nitrogens with one attached hydrogen (secondary N) is 2. The summed E-state index contributed by atoms with van der Waals surface area (Å²) in [6, 6.07) is 12.3. The largest absolute Gasteiger partial charge is 0.370 e. The molecular weight excluding hydrogens is 274 g/mol. The van der Waals surface area contributed by atoms with E-state index in [1.807, 2.05) is 6.07 Å². The fourth-order valence-corrected chi connectivity index (χ4v) is 1.86. The fraction of sp³-hybridized carbons (Fsp3) is 0.200. The molecule has 0 bridgehead atoms. The van der Waals surface area contributed by atoms with Crippen LogP contribution in [-0.2, 0) is 0 Å². The highest BCUT2D eigenvalue weighted by Crippen LogP contribution is 2.16. The molecule has 1 aromatic heterocycles. The van der Waals surface area contributed by atoms with Gasteiger partial charge in [-0.1, -0.05) is 30.7 Å². The van der Waals surface area contributed by atoms with Gasteiger partial charge in [-0.25, -0.2) is 4.98 Å². The van der Waals surface area contributed by atoms with Crippen LogP contribution in [-0.4, -0.2) is 17.4 Å². The van der Waals surface area contributed by atoms with Crippen molar-refractivity contribution in [2.75, 3.05) is 17.2 Å². The third-order valence-electron chi connectivity index (χ3n) is 2.62. The van der Waals surface area contributed by atoms with Crippen LogP contribution in [0.2, 0.25) is 5.02 Å². The molecule has 0 aliphatic rings. The molecule has 2 aromatic rings. The second-order valence-electron chi connectivity index (χ2n) is 4.30. The third kappa shape index (κ3) is 3.96. The average molecular weight is 290 g/mol. The number of carbonyl (C=O) groups excluding carboxylic acids is 1. The van der Waals surface area contributed by atoms with E-state index >= 15 is 0 Å². The van der Waals surface area contributed by atoms with E-state index in [-0.39, 0.29) is 5.91 Å². The molecular formula is C15H16ClN3O. The van der Waals surface area contributed by atoms with E-state index in [4.69, 9.17) is 11.6 Å². The van der Waals surface area contributed by atoms with E-state index in [0.29, 0.717) is 22.2 Å². The zero-order chi connectivity index (χ0) is 14.4. The van der Waals surface area contributed by atoms with E-state index in [1.54, 1.807) is 36.4 Å². The first-order chi connectivity index (χ1) is 9.69. The summed E-state index contributed by atoms with van der Waals surface area (Å²) in [5, 5.41) is 6.50. The van der Waals surface area contributed by atoms with E-state index in [0.717, 1.165) is 13.0 Å². The van der Waals surface area contributed by atoms with Gasteiger partial charge in [0.15, 0.2) is 0 Å². The first kappa shape index (κ1) is 14.3. The molecule has 0 radical (unpaired) electrons. The molecule has 20 heavy (non-hydrogen) atoms. The Kier molecular flexibility index (Phi) is 4.96. The molecule has 0 saturated heterocycles. The van der Waals surface area contributed by atoms with Gasteiger partial charge < -0.3 is 10.6 Å². The molecule has 1 heterocycles. The van der Waals surface area contributed by atoms with Crippen LogP contribution < -0.4 is 10.6 Å². The molecule has 0 saturated carbocycles. The Morgan fingerprint density at radius 1 is 1.25 bits per heavy atom. The molecule has 0 fully saturated rings. The number of halogens is 1. The number of rotatable bonds is 5. The Balaban J connectivity index is 2.09. The molecule has 4 nitrogen and oxygen atoms in total. The van der Waals surface area contributed by atoms with Crippen molar-refractivity contribution in [2.45, 2.75) is 13.3 Å². The minimum Gasteiger partial charge on any atom is -0.370 e. The lowest BCUT2D eigenvalue weighted by molar-refractivity contribution is 0.102. The average Bonchev–Trinajstić information content (AvgIpc) is 2.45. The van der Waals surface area contributed by atoms with Crippen LogP contribution in [0.1, 0.15) is 23.8 Å². The topological polar surface area (TPSA) is 54.0 Å². The standard InChI is InChI=1S/C15H16ClN3O/c1-2-9-17-14-8-4-7-13(19-14)15(20)18-12-6-3-5-11(16)10-12/h3-8,10H,2,9H2,1H3,(H,17,19)(H,18,20). The highest BCUT2D eigenvalue weighted by Gasteiger charge is 2.08. The number of hydrogen-bond acceptors (Lipinski definition) is 3. The molecule has 0 atom stereocenters. The van der Waals surface area contributed by atoms with Crippen LogP contribution in [0.3, 0.4) is 0 Å². The van der Waals surface area contributed by atoms with E-state index < -0.39 is 0 Å². The molecule has 1 amide bonds. The van der Waals surface area contributed by atoms with Crippen LogP contribution >= 0.6 is 11.6 Å². The predicted molar refractivity (Wildman–Crippen MR) is 82.4 cm³/mol. The maximum Gasteiger partial charge on any atom is 0.274 e. The summed E-state index contributed by atoms with van der Waals surface area (Å²) in [4.78, 5) is 16.4. The molecule has 1 aromatic carbocycles. The summed E-state index contributed by atoms with van der Waals surface area (Å²) < 4.78 is 0. The molecule has 0 aliphatic heterocycles. The van der Waals surface area contributed by atoms with Crippen molar-refractivity contribution in [1.82, 2.24) is 4.98 Å². The van der Waals surface area contributed by atoms with E-state index in [1.165, 1.54) is 0 Å². The zero-order valence-corrected chi connectivity index (χ0v) is 11.9. The van der Waals surface area contributed by atoms with Crippen LogP contribution in [0.5, 0.6) is 0 Å². The quantitative estimate of drug-likeness (QED) is 0.880. The molecule has 2 N–H and O–H groups in total. The summed E-state index contributed by atoms with van der Waals surface area (Å²) >= 11 is 5.88. The van der Waals surface area contributed by atoms with Gasteiger partial charge in [-0.05, 0) is 36.8 Å². The van der Waals surface area contributed by atoms with Gasteiger partial charge in [-0.2, -0.15) is 0 Å². The number of anilines is 2. The minimum absolute atomic E-state index is 0.257. The van der Waals surface area contributed by atoms with Crippen LogP contribution in [0.4, 0.5) is 11.5 Å². The Morgan fingerprint density at radius 3 is 2.80 bits per heavy atom. The Morgan fingerprint density at radius 2 is 2.05 bits per heavy atom. The maximum atomic E-state index is 12.1. The van der Waals surface area contributed by atoms with Crippen molar-refractivity contribution in [2.24, 2.45) is 0 Å². The highest BCUT2D eigenvalue weighted by atomic mass is 35.5.